The number of carbonyl (C=O) groups is 2. The Morgan fingerprint density at radius 1 is 1.00 bits per heavy atom. The number of carbonyl (C=O) groups excluding carboxylic acids is 2. The Kier molecular flexibility index (Phi) is 2.61. The van der Waals surface area contributed by atoms with Crippen molar-refractivity contribution >= 4 is 40.0 Å². The van der Waals surface area contributed by atoms with Crippen LogP contribution in [0.4, 0.5) is 10.5 Å². The second kappa shape index (κ2) is 4.48. The molecular formula is C18H15ClN2O2. The predicted molar refractivity (Wildman–Crippen MR) is 88.6 cm³/mol. The molecule has 2 saturated heterocycles. The number of benzene rings is 2. The summed E-state index contributed by atoms with van der Waals surface area (Å²) in [5, 5.41) is 2.33. The van der Waals surface area contributed by atoms with Gasteiger partial charge in [-0.1, -0.05) is 35.9 Å². The lowest BCUT2D eigenvalue weighted by molar-refractivity contribution is -0.120. The smallest absolute Gasteiger partial charge is 0.309 e. The van der Waals surface area contributed by atoms with Crippen molar-refractivity contribution < 1.29 is 9.59 Å². The standard InChI is InChI=1S/C18H15ClN2O2/c19-14-7-8-15(13-4-2-1-3-12(13)14)21-17(22)16-10-5-6-11(9-10)20(16)18(21)23/h1-4,7-8,10-11,16H,5-6,9H2/t10-,11+,16+/m1/s1. The first kappa shape index (κ1) is 13.4. The number of imide groups is 1. The van der Waals surface area contributed by atoms with E-state index in [4.69, 9.17) is 11.6 Å². The largest absolute Gasteiger partial charge is 0.332 e. The number of halogens is 1. The third-order valence-electron chi connectivity index (χ3n) is 5.56. The van der Waals surface area contributed by atoms with E-state index in [1.165, 1.54) is 4.90 Å². The Morgan fingerprint density at radius 3 is 2.57 bits per heavy atom. The number of anilines is 1. The van der Waals surface area contributed by atoms with Crippen molar-refractivity contribution in [3.05, 3.63) is 41.4 Å². The SMILES string of the molecule is O=C1[C@@H]2[C@@H]3CC[C@@H](C3)N2C(=O)N1c1ccc(Cl)c2ccccc12. The third-order valence-corrected chi connectivity index (χ3v) is 5.89. The molecule has 3 fully saturated rings. The van der Waals surface area contributed by atoms with Crippen molar-refractivity contribution in [2.45, 2.75) is 31.3 Å². The molecule has 0 radical (unpaired) electrons. The number of piperidine rings is 1. The van der Waals surface area contributed by atoms with E-state index in [1.807, 2.05) is 29.2 Å². The fourth-order valence-electron chi connectivity index (χ4n) is 4.59. The van der Waals surface area contributed by atoms with Gasteiger partial charge in [0.25, 0.3) is 5.91 Å². The molecule has 0 unspecified atom stereocenters. The van der Waals surface area contributed by atoms with Gasteiger partial charge in [-0.3, -0.25) is 4.79 Å². The van der Waals surface area contributed by atoms with Crippen LogP contribution in [-0.2, 0) is 4.79 Å². The van der Waals surface area contributed by atoms with Crippen LogP contribution in [-0.4, -0.2) is 28.9 Å². The van der Waals surface area contributed by atoms with Crippen LogP contribution in [0.15, 0.2) is 36.4 Å². The first-order chi connectivity index (χ1) is 11.2. The summed E-state index contributed by atoms with van der Waals surface area (Å²) >= 11 is 6.26. The van der Waals surface area contributed by atoms with Crippen molar-refractivity contribution in [1.29, 1.82) is 0 Å². The monoisotopic (exact) mass is 326 g/mol. The maximum atomic E-state index is 12.9. The molecule has 2 aromatic rings. The molecule has 5 rings (SSSR count). The summed E-state index contributed by atoms with van der Waals surface area (Å²) in [6.45, 7) is 0. The number of urea groups is 1. The number of hydrogen-bond acceptors (Lipinski definition) is 2. The van der Waals surface area contributed by atoms with E-state index in [9.17, 15) is 9.59 Å². The lowest BCUT2D eigenvalue weighted by Crippen LogP contribution is -2.40. The first-order valence-electron chi connectivity index (χ1n) is 8.00. The molecule has 0 aromatic heterocycles. The highest BCUT2D eigenvalue weighted by atomic mass is 35.5. The highest BCUT2D eigenvalue weighted by molar-refractivity contribution is 6.36. The maximum Gasteiger partial charge on any atom is 0.332 e. The number of nitrogens with zero attached hydrogens (tertiary/aromatic N) is 2. The highest BCUT2D eigenvalue weighted by Crippen LogP contribution is 2.48. The topological polar surface area (TPSA) is 40.6 Å². The Balaban J connectivity index is 1.67. The molecule has 0 spiro atoms. The van der Waals surface area contributed by atoms with E-state index in [2.05, 4.69) is 0 Å². The average Bonchev–Trinajstić information content (AvgIpc) is 3.24. The van der Waals surface area contributed by atoms with Gasteiger partial charge in [-0.2, -0.15) is 0 Å². The van der Waals surface area contributed by atoms with Gasteiger partial charge in [0.15, 0.2) is 0 Å². The van der Waals surface area contributed by atoms with Crippen molar-refractivity contribution in [1.82, 2.24) is 4.90 Å². The Morgan fingerprint density at radius 2 is 1.78 bits per heavy atom. The predicted octanol–water partition coefficient (Wildman–Crippen LogP) is 3.81. The number of amides is 3. The summed E-state index contributed by atoms with van der Waals surface area (Å²) in [5.74, 6) is 0.259. The Labute approximate surface area is 138 Å². The molecule has 2 bridgehead atoms. The first-order valence-corrected chi connectivity index (χ1v) is 8.38. The van der Waals surface area contributed by atoms with E-state index < -0.39 is 0 Å². The normalized spacial score (nSPS) is 29.0. The molecular weight excluding hydrogens is 312 g/mol. The Hall–Kier alpha value is -2.07. The zero-order valence-corrected chi connectivity index (χ0v) is 13.2. The van der Waals surface area contributed by atoms with E-state index in [1.54, 1.807) is 12.1 Å². The minimum absolute atomic E-state index is 0.0744. The molecule has 3 amide bonds. The van der Waals surface area contributed by atoms with Crippen molar-refractivity contribution in [3.8, 4) is 0 Å². The molecule has 0 N–H and O–H groups in total. The molecule has 116 valence electrons. The van der Waals surface area contributed by atoms with Crippen LogP contribution in [0.3, 0.4) is 0 Å². The van der Waals surface area contributed by atoms with Gasteiger partial charge >= 0.3 is 6.03 Å². The lowest BCUT2D eigenvalue weighted by atomic mass is 9.99. The van der Waals surface area contributed by atoms with Gasteiger partial charge in [-0.15, -0.1) is 0 Å². The quantitative estimate of drug-likeness (QED) is 0.748. The van der Waals surface area contributed by atoms with E-state index >= 15 is 0 Å². The second-order valence-corrected chi connectivity index (χ2v) is 7.05. The molecule has 3 aliphatic rings. The number of rotatable bonds is 1. The maximum absolute atomic E-state index is 12.9. The molecule has 23 heavy (non-hydrogen) atoms. The summed E-state index contributed by atoms with van der Waals surface area (Å²) in [5.41, 5.74) is 0.647. The summed E-state index contributed by atoms with van der Waals surface area (Å²) in [7, 11) is 0. The van der Waals surface area contributed by atoms with Crippen LogP contribution in [0.5, 0.6) is 0 Å². The van der Waals surface area contributed by atoms with E-state index in [0.29, 0.717) is 16.6 Å². The van der Waals surface area contributed by atoms with Gasteiger partial charge in [0, 0.05) is 21.8 Å². The van der Waals surface area contributed by atoms with Crippen molar-refractivity contribution in [2.75, 3.05) is 4.90 Å². The fourth-order valence-corrected chi connectivity index (χ4v) is 4.81. The van der Waals surface area contributed by atoms with Crippen molar-refractivity contribution in [3.63, 3.8) is 0 Å². The molecule has 5 heteroatoms. The third kappa shape index (κ3) is 1.62. The summed E-state index contributed by atoms with van der Waals surface area (Å²) in [6, 6.07) is 11.0. The van der Waals surface area contributed by atoms with E-state index in [-0.39, 0.29) is 24.0 Å². The van der Waals surface area contributed by atoms with Crippen LogP contribution >= 0.6 is 11.6 Å². The van der Waals surface area contributed by atoms with Crippen LogP contribution in [0, 0.1) is 5.92 Å². The Bertz CT molecular complexity index is 837. The number of fused-ring (bicyclic) bond motifs is 6. The number of hydrogen-bond donors (Lipinski definition) is 0. The van der Waals surface area contributed by atoms with Gasteiger partial charge in [-0.05, 0) is 37.3 Å². The van der Waals surface area contributed by atoms with E-state index in [0.717, 1.165) is 30.0 Å². The summed E-state index contributed by atoms with van der Waals surface area (Å²) in [6.07, 6.45) is 3.06. The summed E-state index contributed by atoms with van der Waals surface area (Å²) < 4.78 is 0. The van der Waals surface area contributed by atoms with Crippen molar-refractivity contribution in [2.24, 2.45) is 5.92 Å². The zero-order chi connectivity index (χ0) is 15.7. The molecule has 1 saturated carbocycles. The van der Waals surface area contributed by atoms with Gasteiger partial charge in [0.2, 0.25) is 0 Å². The molecule has 1 aliphatic carbocycles. The lowest BCUT2D eigenvalue weighted by Gasteiger charge is -2.25. The van der Waals surface area contributed by atoms with Gasteiger partial charge < -0.3 is 4.90 Å². The second-order valence-electron chi connectivity index (χ2n) is 6.65. The molecule has 2 aromatic carbocycles. The van der Waals surface area contributed by atoms with Gasteiger partial charge in [0.1, 0.15) is 6.04 Å². The fraction of sp³-hybridized carbons (Fsp3) is 0.333. The van der Waals surface area contributed by atoms with Gasteiger partial charge in [0.05, 0.1) is 5.69 Å². The van der Waals surface area contributed by atoms with Crippen LogP contribution in [0.2, 0.25) is 5.02 Å². The average molecular weight is 327 g/mol. The minimum atomic E-state index is -0.254. The minimum Gasteiger partial charge on any atom is -0.309 e. The van der Waals surface area contributed by atoms with Crippen LogP contribution in [0.25, 0.3) is 10.8 Å². The zero-order valence-electron chi connectivity index (χ0n) is 12.4. The van der Waals surface area contributed by atoms with Crippen LogP contribution in [0.1, 0.15) is 19.3 Å². The molecule has 3 atom stereocenters. The molecule has 2 heterocycles. The van der Waals surface area contributed by atoms with Gasteiger partial charge in [-0.25, -0.2) is 9.69 Å². The highest BCUT2D eigenvalue weighted by Gasteiger charge is 2.59. The molecule has 4 nitrogen and oxygen atoms in total. The van der Waals surface area contributed by atoms with Crippen LogP contribution < -0.4 is 4.90 Å². The summed E-state index contributed by atoms with van der Waals surface area (Å²) in [4.78, 5) is 29.0. The molecule has 2 aliphatic heterocycles.